The van der Waals surface area contributed by atoms with E-state index < -0.39 is 0 Å². The molecule has 1 aromatic rings. The first kappa shape index (κ1) is 11.6. The van der Waals surface area contributed by atoms with Crippen LogP contribution in [0.15, 0.2) is 21.2 Å². The molecule has 1 fully saturated rings. The highest BCUT2D eigenvalue weighted by Crippen LogP contribution is 2.27. The van der Waals surface area contributed by atoms with E-state index in [-0.39, 0.29) is 6.04 Å². The summed E-state index contributed by atoms with van der Waals surface area (Å²) in [5.74, 6) is 0.871. The Balaban J connectivity index is 2.13. The minimum atomic E-state index is 0.0819. The zero-order valence-electron chi connectivity index (χ0n) is 8.95. The predicted molar refractivity (Wildman–Crippen MR) is 63.8 cm³/mol. The van der Waals surface area contributed by atoms with Gasteiger partial charge in [-0.05, 0) is 28.1 Å². The zero-order chi connectivity index (χ0) is 11.4. The van der Waals surface area contributed by atoms with E-state index in [9.17, 15) is 0 Å². The fourth-order valence-electron chi connectivity index (χ4n) is 2.00. The van der Waals surface area contributed by atoms with Crippen molar-refractivity contribution in [2.45, 2.75) is 12.5 Å². The van der Waals surface area contributed by atoms with Gasteiger partial charge in [-0.1, -0.05) is 0 Å². The molecule has 0 bridgehead atoms. The van der Waals surface area contributed by atoms with Crippen LogP contribution >= 0.6 is 15.9 Å². The average molecular weight is 284 g/mol. The van der Waals surface area contributed by atoms with Gasteiger partial charge >= 0.3 is 0 Å². The third-order valence-electron chi connectivity index (χ3n) is 2.80. The van der Waals surface area contributed by atoms with Gasteiger partial charge in [0.2, 0.25) is 0 Å². The van der Waals surface area contributed by atoms with E-state index in [2.05, 4.69) is 32.2 Å². The molecular formula is C11H14BrN3O. The van der Waals surface area contributed by atoms with Gasteiger partial charge in [-0.15, -0.1) is 0 Å². The van der Waals surface area contributed by atoms with Gasteiger partial charge in [-0.3, -0.25) is 4.90 Å². The van der Waals surface area contributed by atoms with Crippen molar-refractivity contribution in [3.8, 4) is 6.07 Å². The number of rotatable bonds is 3. The second kappa shape index (κ2) is 5.48. The Labute approximate surface area is 103 Å². The van der Waals surface area contributed by atoms with Crippen molar-refractivity contribution >= 4 is 15.9 Å². The molecule has 16 heavy (non-hydrogen) atoms. The molecular weight excluding hydrogens is 270 g/mol. The highest BCUT2D eigenvalue weighted by atomic mass is 79.9. The molecule has 1 aliphatic rings. The van der Waals surface area contributed by atoms with Crippen LogP contribution in [-0.2, 0) is 0 Å². The second-order valence-corrected chi connectivity index (χ2v) is 4.59. The van der Waals surface area contributed by atoms with Gasteiger partial charge in [0, 0.05) is 26.2 Å². The number of hydrogen-bond donors (Lipinski definition) is 1. The average Bonchev–Trinajstić information content (AvgIpc) is 2.74. The molecule has 0 aromatic carbocycles. The molecule has 86 valence electrons. The lowest BCUT2D eigenvalue weighted by molar-refractivity contribution is 0.156. The van der Waals surface area contributed by atoms with Crippen molar-refractivity contribution in [3.63, 3.8) is 0 Å². The molecule has 1 atom stereocenters. The van der Waals surface area contributed by atoms with Crippen molar-refractivity contribution < 1.29 is 4.42 Å². The van der Waals surface area contributed by atoms with Crippen LogP contribution in [0.4, 0.5) is 0 Å². The molecule has 0 aliphatic carbocycles. The monoisotopic (exact) mass is 283 g/mol. The molecule has 1 saturated heterocycles. The van der Waals surface area contributed by atoms with Crippen molar-refractivity contribution in [1.29, 1.82) is 5.26 Å². The van der Waals surface area contributed by atoms with Crippen LogP contribution in [0.5, 0.6) is 0 Å². The maximum atomic E-state index is 8.89. The van der Waals surface area contributed by atoms with Gasteiger partial charge in [-0.25, -0.2) is 0 Å². The quantitative estimate of drug-likeness (QED) is 0.921. The van der Waals surface area contributed by atoms with Gasteiger partial charge < -0.3 is 9.73 Å². The summed E-state index contributed by atoms with van der Waals surface area (Å²) in [6, 6.07) is 6.13. The fraction of sp³-hybridized carbons (Fsp3) is 0.545. The Morgan fingerprint density at radius 1 is 1.50 bits per heavy atom. The van der Waals surface area contributed by atoms with E-state index >= 15 is 0 Å². The van der Waals surface area contributed by atoms with Crippen molar-refractivity contribution in [2.24, 2.45) is 0 Å². The number of nitrogens with zero attached hydrogens (tertiary/aromatic N) is 2. The molecule has 1 aliphatic heterocycles. The van der Waals surface area contributed by atoms with E-state index in [1.807, 2.05) is 12.1 Å². The summed E-state index contributed by atoms with van der Waals surface area (Å²) in [5, 5.41) is 12.2. The standard InChI is InChI=1S/C11H14BrN3O/c12-11-2-1-10(16-11)9(3-4-13)15-7-5-14-6-8-15/h1-2,9,14H,3,5-8H2/t9-/m0/s1. The Kier molecular flexibility index (Phi) is 3.99. The Morgan fingerprint density at radius 2 is 2.25 bits per heavy atom. The van der Waals surface area contributed by atoms with Gasteiger partial charge in [0.1, 0.15) is 5.76 Å². The minimum absolute atomic E-state index is 0.0819. The summed E-state index contributed by atoms with van der Waals surface area (Å²) in [5.41, 5.74) is 0. The molecule has 0 spiro atoms. The maximum absolute atomic E-state index is 8.89. The second-order valence-electron chi connectivity index (χ2n) is 3.81. The summed E-state index contributed by atoms with van der Waals surface area (Å²) in [4.78, 5) is 2.30. The molecule has 0 radical (unpaired) electrons. The SMILES string of the molecule is N#CC[C@@H](c1ccc(Br)o1)N1CCNCC1. The molecule has 2 rings (SSSR count). The minimum Gasteiger partial charge on any atom is -0.453 e. The lowest BCUT2D eigenvalue weighted by atomic mass is 10.1. The van der Waals surface area contributed by atoms with Crippen molar-refractivity contribution in [1.82, 2.24) is 10.2 Å². The van der Waals surface area contributed by atoms with Crippen LogP contribution in [0.3, 0.4) is 0 Å². The largest absolute Gasteiger partial charge is 0.453 e. The highest BCUT2D eigenvalue weighted by Gasteiger charge is 2.24. The molecule has 0 unspecified atom stereocenters. The molecule has 1 N–H and O–H groups in total. The normalized spacial score (nSPS) is 19.2. The third-order valence-corrected chi connectivity index (χ3v) is 3.23. The number of nitrogens with one attached hydrogen (secondary N) is 1. The maximum Gasteiger partial charge on any atom is 0.169 e. The van der Waals surface area contributed by atoms with Crippen LogP contribution in [0.1, 0.15) is 18.2 Å². The first-order valence-electron chi connectivity index (χ1n) is 5.38. The third kappa shape index (κ3) is 2.64. The smallest absolute Gasteiger partial charge is 0.169 e. The van der Waals surface area contributed by atoms with E-state index in [0.29, 0.717) is 6.42 Å². The summed E-state index contributed by atoms with van der Waals surface area (Å²) in [6.45, 7) is 3.88. The topological polar surface area (TPSA) is 52.2 Å². The van der Waals surface area contributed by atoms with Crippen molar-refractivity contribution in [2.75, 3.05) is 26.2 Å². The number of halogens is 1. The van der Waals surface area contributed by atoms with Crippen molar-refractivity contribution in [3.05, 3.63) is 22.6 Å². The van der Waals surface area contributed by atoms with E-state index in [1.54, 1.807) is 0 Å². The molecule has 2 heterocycles. The first-order chi connectivity index (χ1) is 7.81. The first-order valence-corrected chi connectivity index (χ1v) is 6.17. The Hall–Kier alpha value is -0.830. The summed E-state index contributed by atoms with van der Waals surface area (Å²) in [6.07, 6.45) is 0.472. The lowest BCUT2D eigenvalue weighted by Crippen LogP contribution is -2.45. The summed E-state index contributed by atoms with van der Waals surface area (Å²) >= 11 is 3.30. The van der Waals surface area contributed by atoms with Gasteiger partial charge in [-0.2, -0.15) is 5.26 Å². The molecule has 0 amide bonds. The van der Waals surface area contributed by atoms with Gasteiger partial charge in [0.25, 0.3) is 0 Å². The molecule has 0 saturated carbocycles. The highest BCUT2D eigenvalue weighted by molar-refractivity contribution is 9.10. The number of hydrogen-bond acceptors (Lipinski definition) is 4. The predicted octanol–water partition coefficient (Wildman–Crippen LogP) is 1.90. The van der Waals surface area contributed by atoms with Gasteiger partial charge in [0.05, 0.1) is 18.5 Å². The van der Waals surface area contributed by atoms with Crippen LogP contribution in [0.25, 0.3) is 0 Å². The van der Waals surface area contributed by atoms with Crippen LogP contribution in [0.2, 0.25) is 0 Å². The zero-order valence-corrected chi connectivity index (χ0v) is 10.5. The van der Waals surface area contributed by atoms with Crippen LogP contribution in [-0.4, -0.2) is 31.1 Å². The molecule has 1 aromatic heterocycles. The number of nitriles is 1. The number of piperazine rings is 1. The summed E-state index contributed by atoms with van der Waals surface area (Å²) < 4.78 is 6.28. The van der Waals surface area contributed by atoms with E-state index in [4.69, 9.17) is 9.68 Å². The molecule has 4 nitrogen and oxygen atoms in total. The van der Waals surface area contributed by atoms with Crippen LogP contribution < -0.4 is 5.32 Å². The number of furan rings is 1. The van der Waals surface area contributed by atoms with Gasteiger partial charge in [0.15, 0.2) is 4.67 Å². The summed E-state index contributed by atoms with van der Waals surface area (Å²) in [7, 11) is 0. The van der Waals surface area contributed by atoms with E-state index in [0.717, 1.165) is 36.6 Å². The fourth-order valence-corrected chi connectivity index (χ4v) is 2.32. The lowest BCUT2D eigenvalue weighted by Gasteiger charge is -2.32. The Morgan fingerprint density at radius 3 is 2.81 bits per heavy atom. The molecule has 5 heteroatoms. The Bertz CT molecular complexity index is 379. The van der Waals surface area contributed by atoms with E-state index in [1.165, 1.54) is 0 Å². The van der Waals surface area contributed by atoms with Crippen LogP contribution in [0, 0.1) is 11.3 Å².